The van der Waals surface area contributed by atoms with E-state index in [0.717, 1.165) is 0 Å². The van der Waals surface area contributed by atoms with Crippen molar-refractivity contribution < 1.29 is 42.1 Å². The molecule has 3 aromatic rings. The lowest BCUT2D eigenvalue weighted by Gasteiger charge is -2.27. The SMILES string of the molecule is COc1cc(N[C@@H](C(=O)N2CCc3ccc(OC(F)(F)F)cc32)c2ccc(Cl)cc2)cc(O[C@H]2C=C(C(=O)O)C2)c1. The lowest BCUT2D eigenvalue weighted by Crippen LogP contribution is -2.37. The zero-order chi connectivity index (χ0) is 29.3. The van der Waals surface area contributed by atoms with E-state index in [9.17, 15) is 22.8 Å². The molecule has 2 atom stereocenters. The average molecular weight is 589 g/mol. The third kappa shape index (κ3) is 6.51. The smallest absolute Gasteiger partial charge is 0.497 e. The van der Waals surface area contributed by atoms with Crippen molar-refractivity contribution in [1.29, 1.82) is 0 Å². The van der Waals surface area contributed by atoms with Crippen molar-refractivity contribution in [2.45, 2.75) is 31.3 Å². The Kier molecular flexibility index (Phi) is 7.72. The van der Waals surface area contributed by atoms with E-state index in [-0.39, 0.29) is 18.5 Å². The predicted octanol–water partition coefficient (Wildman–Crippen LogP) is 6.15. The van der Waals surface area contributed by atoms with Crippen LogP contribution in [0.25, 0.3) is 0 Å². The third-order valence-electron chi connectivity index (χ3n) is 6.70. The Morgan fingerprint density at radius 3 is 2.41 bits per heavy atom. The molecule has 2 N–H and O–H groups in total. The van der Waals surface area contributed by atoms with Crippen LogP contribution in [0.4, 0.5) is 24.5 Å². The van der Waals surface area contributed by atoms with Crippen molar-refractivity contribution in [1.82, 2.24) is 0 Å². The number of carbonyl (C=O) groups excluding carboxylic acids is 1. The summed E-state index contributed by atoms with van der Waals surface area (Å²) in [6, 6.07) is 14.6. The fourth-order valence-corrected chi connectivity index (χ4v) is 4.83. The highest BCUT2D eigenvalue weighted by Gasteiger charge is 2.35. The molecule has 1 amide bonds. The van der Waals surface area contributed by atoms with E-state index in [1.807, 2.05) is 0 Å². The number of ether oxygens (including phenoxy) is 3. The summed E-state index contributed by atoms with van der Waals surface area (Å²) in [6.45, 7) is 0.266. The minimum Gasteiger partial charge on any atom is -0.497 e. The van der Waals surface area contributed by atoms with E-state index in [1.165, 1.54) is 36.3 Å². The number of rotatable bonds is 9. The second-order valence-electron chi connectivity index (χ2n) is 9.46. The van der Waals surface area contributed by atoms with Gasteiger partial charge in [-0.3, -0.25) is 4.79 Å². The number of alkyl halides is 3. The highest BCUT2D eigenvalue weighted by molar-refractivity contribution is 6.30. The number of carboxylic acids is 1. The Morgan fingerprint density at radius 2 is 1.76 bits per heavy atom. The number of anilines is 2. The Hall–Kier alpha value is -4.38. The third-order valence-corrected chi connectivity index (χ3v) is 6.95. The van der Waals surface area contributed by atoms with Crippen molar-refractivity contribution in [2.24, 2.45) is 0 Å². The molecule has 0 spiro atoms. The first-order chi connectivity index (χ1) is 19.5. The maximum Gasteiger partial charge on any atom is 0.573 e. The number of carbonyl (C=O) groups is 2. The van der Waals surface area contributed by atoms with Crippen molar-refractivity contribution in [3.63, 3.8) is 0 Å². The van der Waals surface area contributed by atoms with Gasteiger partial charge in [0, 0.05) is 53.5 Å². The Bertz CT molecular complexity index is 1510. The average Bonchev–Trinajstić information content (AvgIpc) is 3.31. The van der Waals surface area contributed by atoms with E-state index in [1.54, 1.807) is 42.5 Å². The number of aliphatic carboxylic acids is 1. The standard InChI is InChI=1S/C29H24ClF3N2O6/c1-39-22-12-20(13-24(14-22)40-23-10-18(11-23)28(37)38)34-26(17-2-5-19(30)6-3-17)27(36)35-9-8-16-4-7-21(15-25(16)35)41-29(31,32)33/h2-7,10,12-15,23,26,34H,8-9,11H2,1H3,(H,37,38)/t23-,26+/m0/s1. The summed E-state index contributed by atoms with van der Waals surface area (Å²) < 4.78 is 53.9. The van der Waals surface area contributed by atoms with Crippen LogP contribution >= 0.6 is 11.6 Å². The van der Waals surface area contributed by atoms with Crippen molar-refractivity contribution in [3.8, 4) is 17.2 Å². The first-order valence-corrected chi connectivity index (χ1v) is 12.9. The largest absolute Gasteiger partial charge is 0.573 e. The zero-order valence-electron chi connectivity index (χ0n) is 21.6. The van der Waals surface area contributed by atoms with Crippen LogP contribution in [0.3, 0.4) is 0 Å². The molecule has 3 aromatic carbocycles. The molecule has 1 heterocycles. The van der Waals surface area contributed by atoms with Crippen LogP contribution in [-0.2, 0) is 16.0 Å². The number of fused-ring (bicyclic) bond motifs is 1. The first kappa shape index (κ1) is 28.2. The summed E-state index contributed by atoms with van der Waals surface area (Å²) in [7, 11) is 1.47. The van der Waals surface area contributed by atoms with Crippen LogP contribution in [0, 0.1) is 0 Å². The van der Waals surface area contributed by atoms with E-state index >= 15 is 0 Å². The highest BCUT2D eigenvalue weighted by Crippen LogP contribution is 2.37. The lowest BCUT2D eigenvalue weighted by molar-refractivity contribution is -0.274. The molecule has 1 aliphatic carbocycles. The van der Waals surface area contributed by atoms with Crippen LogP contribution in [0.2, 0.25) is 5.02 Å². The normalized spacial score (nSPS) is 16.7. The molecule has 0 radical (unpaired) electrons. The van der Waals surface area contributed by atoms with Crippen LogP contribution in [-0.4, -0.2) is 43.1 Å². The maximum absolute atomic E-state index is 14.0. The van der Waals surface area contributed by atoms with Gasteiger partial charge in [0.25, 0.3) is 5.91 Å². The van der Waals surface area contributed by atoms with Gasteiger partial charge in [-0.05, 0) is 41.8 Å². The van der Waals surface area contributed by atoms with Gasteiger partial charge in [0.15, 0.2) is 0 Å². The van der Waals surface area contributed by atoms with Gasteiger partial charge in [-0.15, -0.1) is 13.2 Å². The van der Waals surface area contributed by atoms with Gasteiger partial charge in [0.05, 0.1) is 12.8 Å². The number of methoxy groups -OCH3 is 1. The first-order valence-electron chi connectivity index (χ1n) is 12.5. The van der Waals surface area contributed by atoms with Gasteiger partial charge in [-0.1, -0.05) is 29.8 Å². The maximum atomic E-state index is 14.0. The van der Waals surface area contributed by atoms with Gasteiger partial charge >= 0.3 is 12.3 Å². The minimum atomic E-state index is -4.87. The topological polar surface area (TPSA) is 97.3 Å². The molecule has 0 saturated carbocycles. The number of hydrogen-bond acceptors (Lipinski definition) is 6. The number of benzene rings is 3. The highest BCUT2D eigenvalue weighted by atomic mass is 35.5. The van der Waals surface area contributed by atoms with Gasteiger partial charge in [0.1, 0.15) is 29.4 Å². The van der Waals surface area contributed by atoms with E-state index in [4.69, 9.17) is 26.2 Å². The lowest BCUT2D eigenvalue weighted by atomic mass is 9.96. The van der Waals surface area contributed by atoms with E-state index in [2.05, 4.69) is 10.1 Å². The van der Waals surface area contributed by atoms with Crippen molar-refractivity contribution in [3.05, 3.63) is 88.5 Å². The minimum absolute atomic E-state index is 0.246. The summed E-state index contributed by atoms with van der Waals surface area (Å²) in [5, 5.41) is 12.8. The molecule has 12 heteroatoms. The second-order valence-corrected chi connectivity index (χ2v) is 9.90. The quantitative estimate of drug-likeness (QED) is 0.309. The fourth-order valence-electron chi connectivity index (χ4n) is 4.71. The Labute approximate surface area is 237 Å². The molecule has 41 heavy (non-hydrogen) atoms. The fraction of sp³-hybridized carbons (Fsp3) is 0.241. The predicted molar refractivity (Wildman–Crippen MR) is 145 cm³/mol. The number of carboxylic acid groups (broad SMARTS) is 1. The summed E-state index contributed by atoms with van der Waals surface area (Å²) >= 11 is 6.08. The van der Waals surface area contributed by atoms with Crippen molar-refractivity contribution in [2.75, 3.05) is 23.9 Å². The molecule has 1 aliphatic heterocycles. The Balaban J connectivity index is 1.45. The Morgan fingerprint density at radius 1 is 1.05 bits per heavy atom. The number of nitrogens with zero attached hydrogens (tertiary/aromatic N) is 1. The summed E-state index contributed by atoms with van der Waals surface area (Å²) in [5.74, 6) is -1.01. The monoisotopic (exact) mass is 588 g/mol. The molecule has 0 aromatic heterocycles. The van der Waals surface area contributed by atoms with Crippen LogP contribution in [0.1, 0.15) is 23.6 Å². The van der Waals surface area contributed by atoms with Crippen LogP contribution in [0.15, 0.2) is 72.3 Å². The van der Waals surface area contributed by atoms with Gasteiger partial charge < -0.3 is 29.5 Å². The van der Waals surface area contributed by atoms with E-state index in [0.29, 0.717) is 45.4 Å². The molecule has 0 saturated heterocycles. The van der Waals surface area contributed by atoms with Crippen LogP contribution in [0.5, 0.6) is 17.2 Å². The molecule has 0 unspecified atom stereocenters. The van der Waals surface area contributed by atoms with Crippen molar-refractivity contribution >= 4 is 34.9 Å². The molecule has 214 valence electrons. The van der Waals surface area contributed by atoms with E-state index < -0.39 is 36.1 Å². The van der Waals surface area contributed by atoms with Crippen LogP contribution < -0.4 is 24.4 Å². The molecule has 0 fully saturated rings. The van der Waals surface area contributed by atoms with Gasteiger partial charge in [0.2, 0.25) is 0 Å². The summed E-state index contributed by atoms with van der Waals surface area (Å²) in [5.41, 5.74) is 2.34. The van der Waals surface area contributed by atoms with Gasteiger partial charge in [-0.25, -0.2) is 4.79 Å². The number of amides is 1. The summed E-state index contributed by atoms with van der Waals surface area (Å²) in [4.78, 5) is 26.5. The molecular weight excluding hydrogens is 565 g/mol. The molecule has 0 bridgehead atoms. The molecule has 2 aliphatic rings. The number of halogens is 4. The number of nitrogens with one attached hydrogen (secondary N) is 1. The zero-order valence-corrected chi connectivity index (χ0v) is 22.3. The van der Waals surface area contributed by atoms with Gasteiger partial charge in [-0.2, -0.15) is 0 Å². The molecule has 5 rings (SSSR count). The molecule has 8 nitrogen and oxygen atoms in total. The second kappa shape index (κ2) is 11.2. The summed E-state index contributed by atoms with van der Waals surface area (Å²) in [6.07, 6.45) is -3.08. The number of hydrogen-bond donors (Lipinski definition) is 2. The molecular formula is C29H24ClF3N2O6.